The Bertz CT molecular complexity index is 1910. The zero-order valence-electron chi connectivity index (χ0n) is 27.7. The number of hydroxylamine groups is 1. The first-order chi connectivity index (χ1) is 23.9. The summed E-state index contributed by atoms with van der Waals surface area (Å²) in [5, 5.41) is 16.7. The second kappa shape index (κ2) is 14.6. The van der Waals surface area contributed by atoms with E-state index in [-0.39, 0.29) is 41.1 Å². The standard InChI is InChI=1S/C35H38ClN6O7S/c1-38(50(2,47)48)27-13-14-31-30(21-27)42(46)23-32(49-31)34(44)37-28(20-24-9-11-26(36)12-10-24)35(45)40-18-16-39(17-19-40)29-7-4-3-6-25(29)22-41-15-5-8-33(41)43/h3-4,6-7,9-14,21,23,28H,5,8,15-20,22H2,1-2H3,(H,37,44)/q-1/t28-/m1/s1. The van der Waals surface area contributed by atoms with Crippen LogP contribution in [0.3, 0.4) is 0 Å². The van der Waals surface area contributed by atoms with Crippen LogP contribution < -0.4 is 24.3 Å². The number of hydrogen-bond acceptors (Lipinski definition) is 9. The highest BCUT2D eigenvalue weighted by molar-refractivity contribution is 7.92. The minimum atomic E-state index is -3.58. The van der Waals surface area contributed by atoms with Gasteiger partial charge in [-0.15, -0.1) is 0 Å². The molecule has 50 heavy (non-hydrogen) atoms. The highest BCUT2D eigenvalue weighted by atomic mass is 35.5. The van der Waals surface area contributed by atoms with E-state index in [4.69, 9.17) is 16.3 Å². The minimum Gasteiger partial charge on any atom is -0.754 e. The van der Waals surface area contributed by atoms with Gasteiger partial charge in [-0.25, -0.2) is 8.42 Å². The van der Waals surface area contributed by atoms with E-state index >= 15 is 0 Å². The van der Waals surface area contributed by atoms with Gasteiger partial charge in [0.2, 0.25) is 27.6 Å². The second-order valence-corrected chi connectivity index (χ2v) is 15.0. The molecular formula is C35H38ClN6O7S-. The highest BCUT2D eigenvalue weighted by Crippen LogP contribution is 2.37. The molecule has 0 saturated carbocycles. The van der Waals surface area contributed by atoms with Crippen molar-refractivity contribution >= 4 is 56.4 Å². The molecule has 13 nitrogen and oxygen atoms in total. The van der Waals surface area contributed by atoms with Gasteiger partial charge in [0.15, 0.2) is 5.75 Å². The Balaban J connectivity index is 1.16. The van der Waals surface area contributed by atoms with Gasteiger partial charge >= 0.3 is 0 Å². The number of likely N-dealkylation sites (tertiary alicyclic amines) is 1. The molecule has 3 aliphatic heterocycles. The molecule has 0 spiro atoms. The Morgan fingerprint density at radius 1 is 1.00 bits per heavy atom. The first-order valence-electron chi connectivity index (χ1n) is 16.3. The molecule has 264 valence electrons. The largest absolute Gasteiger partial charge is 0.754 e. The van der Waals surface area contributed by atoms with Gasteiger partial charge in [-0.2, -0.15) is 0 Å². The molecule has 3 aromatic carbocycles. The first-order valence-corrected chi connectivity index (χ1v) is 18.5. The molecule has 6 rings (SSSR count). The zero-order chi connectivity index (χ0) is 35.6. The van der Waals surface area contributed by atoms with Gasteiger partial charge in [-0.1, -0.05) is 41.9 Å². The van der Waals surface area contributed by atoms with Gasteiger partial charge in [0.05, 0.1) is 17.6 Å². The van der Waals surface area contributed by atoms with E-state index in [1.807, 2.05) is 29.2 Å². The second-order valence-electron chi connectivity index (χ2n) is 12.5. The van der Waals surface area contributed by atoms with Crippen molar-refractivity contribution in [1.82, 2.24) is 15.1 Å². The summed E-state index contributed by atoms with van der Waals surface area (Å²) in [4.78, 5) is 45.7. The number of anilines is 3. The van der Waals surface area contributed by atoms with E-state index in [0.717, 1.165) is 46.5 Å². The predicted octanol–water partition coefficient (Wildman–Crippen LogP) is 3.47. The van der Waals surface area contributed by atoms with Gasteiger partial charge < -0.3 is 35.0 Å². The normalized spacial score (nSPS) is 16.8. The van der Waals surface area contributed by atoms with Crippen LogP contribution in [0.1, 0.15) is 24.0 Å². The maximum absolute atomic E-state index is 14.0. The predicted molar refractivity (Wildman–Crippen MR) is 191 cm³/mol. The molecule has 3 heterocycles. The molecule has 0 aromatic heterocycles. The van der Waals surface area contributed by atoms with Crippen LogP contribution in [0.5, 0.6) is 5.75 Å². The van der Waals surface area contributed by atoms with Crippen LogP contribution in [0.25, 0.3) is 0 Å². The summed E-state index contributed by atoms with van der Waals surface area (Å²) in [6, 6.07) is 18.2. The van der Waals surface area contributed by atoms with Crippen LogP contribution in [0.2, 0.25) is 5.02 Å². The number of para-hydroxylation sites is 1. The van der Waals surface area contributed by atoms with Gasteiger partial charge in [0.1, 0.15) is 6.04 Å². The molecule has 0 radical (unpaired) electrons. The Morgan fingerprint density at radius 3 is 2.40 bits per heavy atom. The number of benzene rings is 3. The number of rotatable bonds is 10. The smallest absolute Gasteiger partial charge is 0.289 e. The number of nitrogens with zero attached hydrogens (tertiary/aromatic N) is 5. The van der Waals surface area contributed by atoms with Gasteiger partial charge in [0, 0.05) is 76.1 Å². The monoisotopic (exact) mass is 721 g/mol. The van der Waals surface area contributed by atoms with Gasteiger partial charge in [0.25, 0.3) is 5.91 Å². The third kappa shape index (κ3) is 7.82. The Morgan fingerprint density at radius 2 is 1.72 bits per heavy atom. The van der Waals surface area contributed by atoms with E-state index in [1.54, 1.807) is 29.2 Å². The third-order valence-electron chi connectivity index (χ3n) is 9.13. The number of carbonyl (C=O) groups excluding carboxylic acids is 3. The fourth-order valence-corrected chi connectivity index (χ4v) is 6.90. The molecular weight excluding hydrogens is 684 g/mol. The summed E-state index contributed by atoms with van der Waals surface area (Å²) >= 11 is 6.09. The van der Waals surface area contributed by atoms with Crippen molar-refractivity contribution < 1.29 is 27.5 Å². The lowest BCUT2D eigenvalue weighted by molar-refractivity contribution is -0.136. The molecule has 0 aliphatic carbocycles. The van der Waals surface area contributed by atoms with Crippen molar-refractivity contribution in [3.63, 3.8) is 0 Å². The highest BCUT2D eigenvalue weighted by Gasteiger charge is 2.32. The average Bonchev–Trinajstić information content (AvgIpc) is 3.51. The van der Waals surface area contributed by atoms with E-state index in [2.05, 4.69) is 10.2 Å². The fraction of sp³-hybridized carbons (Fsp3) is 0.343. The van der Waals surface area contributed by atoms with Crippen molar-refractivity contribution in [3.8, 4) is 5.75 Å². The molecule has 0 bridgehead atoms. The molecule has 3 aromatic rings. The number of ether oxygens (including phenoxy) is 1. The maximum atomic E-state index is 14.0. The van der Waals surface area contributed by atoms with Crippen LogP contribution in [0.4, 0.5) is 17.1 Å². The zero-order valence-corrected chi connectivity index (χ0v) is 29.3. The maximum Gasteiger partial charge on any atom is 0.289 e. The molecule has 3 aliphatic rings. The topological polar surface area (TPSA) is 146 Å². The Hall–Kier alpha value is -4.79. The number of piperazine rings is 1. The number of sulfonamides is 1. The molecule has 3 amide bonds. The van der Waals surface area contributed by atoms with E-state index in [0.29, 0.717) is 49.2 Å². The van der Waals surface area contributed by atoms with Crippen molar-refractivity contribution in [1.29, 1.82) is 0 Å². The number of amides is 3. The van der Waals surface area contributed by atoms with Crippen molar-refractivity contribution in [2.45, 2.75) is 31.8 Å². The average molecular weight is 722 g/mol. The summed E-state index contributed by atoms with van der Waals surface area (Å²) in [5.74, 6) is -1.14. The van der Waals surface area contributed by atoms with Crippen molar-refractivity contribution in [3.05, 3.63) is 100 Å². The van der Waals surface area contributed by atoms with Gasteiger partial charge in [-0.3, -0.25) is 18.7 Å². The molecule has 2 saturated heterocycles. The lowest BCUT2D eigenvalue weighted by Crippen LogP contribution is -2.56. The summed E-state index contributed by atoms with van der Waals surface area (Å²) in [6.07, 6.45) is 3.61. The number of halogens is 1. The summed E-state index contributed by atoms with van der Waals surface area (Å²) in [5.41, 5.74) is 3.13. The summed E-state index contributed by atoms with van der Waals surface area (Å²) in [6.45, 7) is 3.24. The molecule has 1 atom stereocenters. The van der Waals surface area contributed by atoms with Crippen LogP contribution in [-0.2, 0) is 37.4 Å². The molecule has 1 N–H and O–H groups in total. The van der Waals surface area contributed by atoms with Crippen LogP contribution in [0, 0.1) is 5.21 Å². The van der Waals surface area contributed by atoms with Gasteiger partial charge in [-0.05, 0) is 53.9 Å². The molecule has 2 fully saturated rings. The van der Waals surface area contributed by atoms with Crippen LogP contribution in [0.15, 0.2) is 78.7 Å². The number of fused-ring (bicyclic) bond motifs is 1. The lowest BCUT2D eigenvalue weighted by Gasteiger charge is -2.39. The minimum absolute atomic E-state index is 0.0230. The van der Waals surface area contributed by atoms with Crippen molar-refractivity contribution in [2.75, 3.05) is 60.3 Å². The molecule has 15 heteroatoms. The lowest BCUT2D eigenvalue weighted by atomic mass is 10.0. The third-order valence-corrected chi connectivity index (χ3v) is 10.6. The first kappa shape index (κ1) is 35.1. The van der Waals surface area contributed by atoms with Crippen molar-refractivity contribution in [2.24, 2.45) is 0 Å². The summed E-state index contributed by atoms with van der Waals surface area (Å²) in [7, 11) is -2.21. The van der Waals surface area contributed by atoms with E-state index < -0.39 is 22.0 Å². The SMILES string of the molecule is CN(c1ccc2c(c1)N([O-])C=C(C(=O)N[C@H](Cc1ccc(Cl)cc1)C(=O)N1CCN(c3ccccc3CN3CCCC3=O)CC1)O2)S(C)(=O)=O. The van der Waals surface area contributed by atoms with Crippen LogP contribution >= 0.6 is 11.6 Å². The Kier molecular flexibility index (Phi) is 10.2. The fourth-order valence-electron chi connectivity index (χ4n) is 6.28. The Labute approximate surface area is 296 Å². The summed E-state index contributed by atoms with van der Waals surface area (Å²) < 4.78 is 30.8. The van der Waals surface area contributed by atoms with Crippen LogP contribution in [-0.4, -0.2) is 88.0 Å². The number of hydrogen-bond donors (Lipinski definition) is 1. The number of nitrogens with one attached hydrogen (secondary N) is 1. The quantitative estimate of drug-likeness (QED) is 0.333. The number of carbonyl (C=O) groups is 3. The van der Waals surface area contributed by atoms with E-state index in [1.165, 1.54) is 25.2 Å². The van der Waals surface area contributed by atoms with E-state index in [9.17, 15) is 28.0 Å². The molecule has 0 unspecified atom stereocenters.